The maximum absolute atomic E-state index is 5.73. The Hall–Kier alpha value is -1.87. The predicted molar refractivity (Wildman–Crippen MR) is 78.1 cm³/mol. The first-order valence-electron chi connectivity index (χ1n) is 6.82. The molecule has 19 heavy (non-hydrogen) atoms. The van der Waals surface area contributed by atoms with E-state index in [-0.39, 0.29) is 0 Å². The van der Waals surface area contributed by atoms with E-state index in [4.69, 9.17) is 5.73 Å². The fourth-order valence-electron chi connectivity index (χ4n) is 2.87. The second-order valence-corrected chi connectivity index (χ2v) is 5.03. The second kappa shape index (κ2) is 5.41. The maximum atomic E-state index is 5.73. The number of nitrogens with two attached hydrogens (primary N) is 1. The highest BCUT2D eigenvalue weighted by molar-refractivity contribution is 5.60. The van der Waals surface area contributed by atoms with Crippen molar-refractivity contribution < 1.29 is 0 Å². The summed E-state index contributed by atoms with van der Waals surface area (Å²) in [4.78, 5) is 6.83. The Morgan fingerprint density at radius 1 is 1.16 bits per heavy atom. The molecule has 1 atom stereocenters. The van der Waals surface area contributed by atoms with Crippen LogP contribution in [-0.4, -0.2) is 18.1 Å². The predicted octanol–water partition coefficient (Wildman–Crippen LogP) is 2.53. The van der Waals surface area contributed by atoms with E-state index >= 15 is 0 Å². The van der Waals surface area contributed by atoms with Gasteiger partial charge < -0.3 is 10.6 Å². The molecule has 1 aromatic heterocycles. The van der Waals surface area contributed by atoms with Crippen LogP contribution >= 0.6 is 0 Å². The van der Waals surface area contributed by atoms with Crippen LogP contribution in [0.25, 0.3) is 0 Å². The zero-order chi connectivity index (χ0) is 13.1. The molecule has 3 nitrogen and oxygen atoms in total. The Morgan fingerprint density at radius 3 is 2.79 bits per heavy atom. The van der Waals surface area contributed by atoms with Gasteiger partial charge in [0.25, 0.3) is 0 Å². The third-order valence-electron chi connectivity index (χ3n) is 3.75. The zero-order valence-electron chi connectivity index (χ0n) is 11.0. The van der Waals surface area contributed by atoms with Crippen molar-refractivity contribution in [3.63, 3.8) is 0 Å². The highest BCUT2D eigenvalue weighted by Crippen LogP contribution is 2.38. The minimum absolute atomic E-state index is 0.560. The van der Waals surface area contributed by atoms with Crippen molar-refractivity contribution in [1.82, 2.24) is 4.98 Å². The molecule has 98 valence electrons. The first kappa shape index (κ1) is 12.2. The number of hydrogen-bond acceptors (Lipinski definition) is 3. The van der Waals surface area contributed by atoms with Crippen molar-refractivity contribution in [3.8, 4) is 0 Å². The minimum atomic E-state index is 0.560. The monoisotopic (exact) mass is 253 g/mol. The fraction of sp³-hybridized carbons (Fsp3) is 0.312. The zero-order valence-corrected chi connectivity index (χ0v) is 11.0. The molecule has 1 aromatic carbocycles. The molecule has 0 saturated heterocycles. The quantitative estimate of drug-likeness (QED) is 0.910. The molecule has 0 saturated carbocycles. The molecule has 3 rings (SSSR count). The number of para-hydroxylation sites is 1. The van der Waals surface area contributed by atoms with Gasteiger partial charge in [0.2, 0.25) is 0 Å². The summed E-state index contributed by atoms with van der Waals surface area (Å²) >= 11 is 0. The van der Waals surface area contributed by atoms with E-state index < -0.39 is 0 Å². The van der Waals surface area contributed by atoms with Gasteiger partial charge in [-0.3, -0.25) is 4.98 Å². The van der Waals surface area contributed by atoms with Crippen LogP contribution < -0.4 is 10.6 Å². The number of anilines is 1. The molecule has 0 amide bonds. The lowest BCUT2D eigenvalue weighted by atomic mass is 9.98. The second-order valence-electron chi connectivity index (χ2n) is 5.03. The van der Waals surface area contributed by atoms with Gasteiger partial charge in [0.15, 0.2) is 0 Å². The molecular weight excluding hydrogens is 234 g/mol. The van der Waals surface area contributed by atoms with Crippen LogP contribution in [0, 0.1) is 0 Å². The molecule has 1 aliphatic rings. The minimum Gasteiger partial charge on any atom is -0.365 e. The van der Waals surface area contributed by atoms with E-state index in [1.54, 1.807) is 0 Å². The first-order chi connectivity index (χ1) is 9.38. The molecule has 2 aromatic rings. The van der Waals surface area contributed by atoms with E-state index in [2.05, 4.69) is 40.2 Å². The van der Waals surface area contributed by atoms with Gasteiger partial charge >= 0.3 is 0 Å². The summed E-state index contributed by atoms with van der Waals surface area (Å²) in [5, 5.41) is 0. The SMILES string of the molecule is NCCC1CN(Cc2ccccn2)c2ccccc21. The van der Waals surface area contributed by atoms with Crippen molar-refractivity contribution in [2.24, 2.45) is 5.73 Å². The molecule has 2 heterocycles. The highest BCUT2D eigenvalue weighted by Gasteiger charge is 2.27. The molecule has 1 unspecified atom stereocenters. The Labute approximate surface area is 114 Å². The van der Waals surface area contributed by atoms with Crippen LogP contribution in [-0.2, 0) is 6.54 Å². The van der Waals surface area contributed by atoms with Crippen LogP contribution in [0.1, 0.15) is 23.6 Å². The maximum Gasteiger partial charge on any atom is 0.0602 e. The Morgan fingerprint density at radius 2 is 2.00 bits per heavy atom. The summed E-state index contributed by atoms with van der Waals surface area (Å²) in [5.41, 5.74) is 9.62. The number of aromatic nitrogens is 1. The Bertz CT molecular complexity index is 539. The van der Waals surface area contributed by atoms with Gasteiger partial charge in [-0.05, 0) is 36.7 Å². The van der Waals surface area contributed by atoms with E-state index in [0.29, 0.717) is 5.92 Å². The third kappa shape index (κ3) is 2.47. The van der Waals surface area contributed by atoms with Gasteiger partial charge in [-0.25, -0.2) is 0 Å². The first-order valence-corrected chi connectivity index (χ1v) is 6.82. The summed E-state index contributed by atoms with van der Waals surface area (Å²) in [5.74, 6) is 0.560. The lowest BCUT2D eigenvalue weighted by molar-refractivity contribution is 0.641. The number of benzene rings is 1. The molecule has 1 aliphatic heterocycles. The van der Waals surface area contributed by atoms with E-state index in [1.165, 1.54) is 11.3 Å². The van der Waals surface area contributed by atoms with Crippen LogP contribution in [0.3, 0.4) is 0 Å². The van der Waals surface area contributed by atoms with Gasteiger partial charge in [0.1, 0.15) is 0 Å². The fourth-order valence-corrected chi connectivity index (χ4v) is 2.87. The molecule has 0 radical (unpaired) electrons. The summed E-state index contributed by atoms with van der Waals surface area (Å²) in [6, 6.07) is 14.7. The lowest BCUT2D eigenvalue weighted by Gasteiger charge is -2.19. The van der Waals surface area contributed by atoms with Gasteiger partial charge in [-0.2, -0.15) is 0 Å². The van der Waals surface area contributed by atoms with Crippen molar-refractivity contribution in [3.05, 3.63) is 59.9 Å². The van der Waals surface area contributed by atoms with Crippen molar-refractivity contribution >= 4 is 5.69 Å². The summed E-state index contributed by atoms with van der Waals surface area (Å²) in [6.45, 7) is 2.67. The Balaban J connectivity index is 1.84. The largest absolute Gasteiger partial charge is 0.365 e. The molecule has 3 heteroatoms. The standard InChI is InChI=1S/C16H19N3/c17-9-8-13-11-19(12-14-5-3-4-10-18-14)16-7-2-1-6-15(13)16/h1-7,10,13H,8-9,11-12,17H2. The number of rotatable bonds is 4. The number of fused-ring (bicyclic) bond motifs is 1. The van der Waals surface area contributed by atoms with Crippen LogP contribution in [0.4, 0.5) is 5.69 Å². The average Bonchev–Trinajstić information content (AvgIpc) is 2.79. The molecule has 0 fully saturated rings. The molecule has 2 N–H and O–H groups in total. The third-order valence-corrected chi connectivity index (χ3v) is 3.75. The Kier molecular flexibility index (Phi) is 3.47. The topological polar surface area (TPSA) is 42.1 Å². The smallest absolute Gasteiger partial charge is 0.0602 e. The van der Waals surface area contributed by atoms with Crippen molar-refractivity contribution in [2.75, 3.05) is 18.0 Å². The highest BCUT2D eigenvalue weighted by atomic mass is 15.2. The number of hydrogen-bond donors (Lipinski definition) is 1. The van der Waals surface area contributed by atoms with E-state index in [0.717, 1.165) is 31.7 Å². The molecular formula is C16H19N3. The van der Waals surface area contributed by atoms with Gasteiger partial charge in [0.05, 0.1) is 12.2 Å². The van der Waals surface area contributed by atoms with E-state index in [1.807, 2.05) is 18.3 Å². The number of nitrogens with zero attached hydrogens (tertiary/aromatic N) is 2. The normalized spacial score (nSPS) is 17.5. The van der Waals surface area contributed by atoms with Crippen LogP contribution in [0.5, 0.6) is 0 Å². The van der Waals surface area contributed by atoms with Gasteiger partial charge in [0, 0.05) is 24.3 Å². The molecule has 0 aliphatic carbocycles. The summed E-state index contributed by atoms with van der Waals surface area (Å²) < 4.78 is 0. The van der Waals surface area contributed by atoms with Crippen LogP contribution in [0.2, 0.25) is 0 Å². The van der Waals surface area contributed by atoms with E-state index in [9.17, 15) is 0 Å². The molecule has 0 bridgehead atoms. The van der Waals surface area contributed by atoms with Crippen molar-refractivity contribution in [1.29, 1.82) is 0 Å². The van der Waals surface area contributed by atoms with Crippen LogP contribution in [0.15, 0.2) is 48.7 Å². The van der Waals surface area contributed by atoms with Crippen molar-refractivity contribution in [2.45, 2.75) is 18.9 Å². The van der Waals surface area contributed by atoms with Gasteiger partial charge in [-0.15, -0.1) is 0 Å². The summed E-state index contributed by atoms with van der Waals surface area (Å²) in [6.07, 6.45) is 2.91. The van der Waals surface area contributed by atoms with Gasteiger partial charge in [-0.1, -0.05) is 24.3 Å². The number of pyridine rings is 1. The average molecular weight is 253 g/mol. The lowest BCUT2D eigenvalue weighted by Crippen LogP contribution is -2.22. The molecule has 0 spiro atoms. The summed E-state index contributed by atoms with van der Waals surface area (Å²) in [7, 11) is 0.